The lowest BCUT2D eigenvalue weighted by Gasteiger charge is -2.33. The van der Waals surface area contributed by atoms with E-state index in [0.717, 1.165) is 71.2 Å². The largest absolute Gasteiger partial charge is 0.497 e. The summed E-state index contributed by atoms with van der Waals surface area (Å²) in [4.78, 5) is 2.33. The van der Waals surface area contributed by atoms with Crippen LogP contribution in [0.5, 0.6) is 5.75 Å². The highest BCUT2D eigenvalue weighted by atomic mass is 35.5. The average Bonchev–Trinajstić information content (AvgIpc) is 3.29. The highest BCUT2D eigenvalue weighted by molar-refractivity contribution is 6.30. The van der Waals surface area contributed by atoms with Gasteiger partial charge in [0.1, 0.15) is 11.4 Å². The molecular formula is C33H38ClFN2O. The summed E-state index contributed by atoms with van der Waals surface area (Å²) in [5, 5.41) is 4.58. The van der Waals surface area contributed by atoms with Crippen molar-refractivity contribution in [2.45, 2.75) is 72.0 Å². The van der Waals surface area contributed by atoms with Crippen LogP contribution < -0.4 is 10.1 Å². The van der Waals surface area contributed by atoms with E-state index in [1.54, 1.807) is 21.0 Å². The third-order valence-electron chi connectivity index (χ3n) is 7.01. The molecule has 2 aromatic rings. The Morgan fingerprint density at radius 3 is 2.68 bits per heavy atom. The maximum Gasteiger partial charge on any atom is 0.138 e. The zero-order valence-corrected chi connectivity index (χ0v) is 24.1. The molecule has 0 saturated carbocycles. The number of fused-ring (bicyclic) bond motifs is 1. The van der Waals surface area contributed by atoms with Crippen LogP contribution >= 0.6 is 11.6 Å². The Kier molecular flexibility index (Phi) is 8.58. The molecule has 0 bridgehead atoms. The summed E-state index contributed by atoms with van der Waals surface area (Å²) < 4.78 is 20.5. The van der Waals surface area contributed by atoms with E-state index >= 15 is 0 Å². The Hall–Kier alpha value is -3.16. The molecule has 5 heteroatoms. The molecule has 1 fully saturated rings. The fraction of sp³-hybridized carbons (Fsp3) is 0.394. The molecule has 0 radical (unpaired) electrons. The molecule has 1 unspecified atom stereocenters. The number of hydrogen-bond donors (Lipinski definition) is 1. The molecule has 0 aromatic heterocycles. The van der Waals surface area contributed by atoms with Crippen molar-refractivity contribution in [1.29, 1.82) is 0 Å². The van der Waals surface area contributed by atoms with Crippen molar-refractivity contribution < 1.29 is 9.13 Å². The van der Waals surface area contributed by atoms with Crippen molar-refractivity contribution in [3.05, 3.63) is 104 Å². The number of benzene rings is 2. The molecule has 4 rings (SSSR count). The second-order valence-electron chi connectivity index (χ2n) is 10.5. The monoisotopic (exact) mass is 532 g/mol. The Bertz CT molecular complexity index is 1370. The molecule has 0 amide bonds. The first-order valence-electron chi connectivity index (χ1n) is 13.5. The van der Waals surface area contributed by atoms with Crippen molar-refractivity contribution in [2.75, 3.05) is 19.0 Å². The number of methoxy groups -OCH3 is 1. The van der Waals surface area contributed by atoms with Gasteiger partial charge in [-0.05, 0) is 80.6 Å². The highest BCUT2D eigenvalue weighted by Crippen LogP contribution is 2.41. The van der Waals surface area contributed by atoms with Gasteiger partial charge in [0.25, 0.3) is 0 Å². The minimum Gasteiger partial charge on any atom is -0.497 e. The molecule has 1 saturated heterocycles. The molecule has 2 aliphatic rings. The quantitative estimate of drug-likeness (QED) is 0.309. The number of rotatable bonds is 10. The van der Waals surface area contributed by atoms with Gasteiger partial charge in [-0.1, -0.05) is 55.5 Å². The van der Waals surface area contributed by atoms with Crippen LogP contribution in [-0.4, -0.2) is 24.2 Å². The van der Waals surface area contributed by atoms with Gasteiger partial charge in [0.2, 0.25) is 0 Å². The number of likely N-dealkylation sites (tertiary alicyclic amines) is 1. The normalized spacial score (nSPS) is 16.1. The van der Waals surface area contributed by atoms with E-state index in [1.165, 1.54) is 11.1 Å². The third kappa shape index (κ3) is 6.11. The van der Waals surface area contributed by atoms with Gasteiger partial charge < -0.3 is 15.0 Å². The van der Waals surface area contributed by atoms with Crippen molar-refractivity contribution >= 4 is 17.3 Å². The van der Waals surface area contributed by atoms with Gasteiger partial charge in [0, 0.05) is 46.6 Å². The minimum atomic E-state index is -1.49. The van der Waals surface area contributed by atoms with E-state index in [1.807, 2.05) is 24.3 Å². The van der Waals surface area contributed by atoms with Crippen LogP contribution in [-0.2, 0) is 6.42 Å². The predicted molar refractivity (Wildman–Crippen MR) is 157 cm³/mol. The van der Waals surface area contributed by atoms with Crippen LogP contribution in [0.4, 0.5) is 10.1 Å². The lowest BCUT2D eigenvalue weighted by molar-refractivity contribution is 0.273. The van der Waals surface area contributed by atoms with Crippen LogP contribution in [0.15, 0.2) is 82.6 Å². The molecule has 1 aliphatic carbocycles. The number of allylic oxidation sites excluding steroid dienone is 4. The zero-order valence-electron chi connectivity index (χ0n) is 23.3. The van der Waals surface area contributed by atoms with Crippen molar-refractivity contribution in [1.82, 2.24) is 4.90 Å². The molecule has 1 atom stereocenters. The third-order valence-corrected chi connectivity index (χ3v) is 7.24. The van der Waals surface area contributed by atoms with Crippen molar-refractivity contribution in [2.24, 2.45) is 0 Å². The maximum absolute atomic E-state index is 14.9. The molecule has 200 valence electrons. The van der Waals surface area contributed by atoms with Crippen LogP contribution in [0.1, 0.15) is 69.7 Å². The molecule has 1 aliphatic heterocycles. The van der Waals surface area contributed by atoms with Crippen molar-refractivity contribution in [3.63, 3.8) is 0 Å². The van der Waals surface area contributed by atoms with Gasteiger partial charge in [-0.15, -0.1) is 0 Å². The topological polar surface area (TPSA) is 24.5 Å². The van der Waals surface area contributed by atoms with Crippen LogP contribution in [0.25, 0.3) is 0 Å². The molecule has 1 heterocycles. The first-order chi connectivity index (χ1) is 18.1. The number of nitrogens with one attached hydrogen (secondary N) is 1. The summed E-state index contributed by atoms with van der Waals surface area (Å²) in [5.74, 6) is 0.809. The van der Waals surface area contributed by atoms with Crippen molar-refractivity contribution in [3.8, 4) is 5.75 Å². The summed E-state index contributed by atoms with van der Waals surface area (Å²) >= 11 is 6.47. The summed E-state index contributed by atoms with van der Waals surface area (Å²) in [6, 6.07) is 12.2. The Morgan fingerprint density at radius 1 is 1.21 bits per heavy atom. The van der Waals surface area contributed by atoms with Crippen LogP contribution in [0.3, 0.4) is 0 Å². The van der Waals surface area contributed by atoms with Gasteiger partial charge in [-0.2, -0.15) is 0 Å². The predicted octanol–water partition coefficient (Wildman–Crippen LogP) is 9.01. The number of nitrogens with zero attached hydrogens (tertiary/aromatic N) is 1. The average molecular weight is 533 g/mol. The molecular weight excluding hydrogens is 495 g/mol. The highest BCUT2D eigenvalue weighted by Gasteiger charge is 2.33. The lowest BCUT2D eigenvalue weighted by Crippen LogP contribution is -2.28. The molecule has 0 spiro atoms. The second-order valence-corrected chi connectivity index (χ2v) is 10.9. The fourth-order valence-electron chi connectivity index (χ4n) is 5.19. The van der Waals surface area contributed by atoms with Gasteiger partial charge >= 0.3 is 0 Å². The minimum absolute atomic E-state index is 0.155. The van der Waals surface area contributed by atoms with E-state index in [0.29, 0.717) is 5.57 Å². The molecule has 2 aromatic carbocycles. The number of hydrogen-bond acceptors (Lipinski definition) is 3. The maximum atomic E-state index is 14.9. The van der Waals surface area contributed by atoms with E-state index in [2.05, 4.69) is 66.7 Å². The number of alkyl halides is 1. The van der Waals surface area contributed by atoms with E-state index in [-0.39, 0.29) is 6.04 Å². The molecule has 1 N–H and O–H groups in total. The van der Waals surface area contributed by atoms with Gasteiger partial charge in [0.15, 0.2) is 0 Å². The summed E-state index contributed by atoms with van der Waals surface area (Å²) in [6.45, 7) is 10.3. The van der Waals surface area contributed by atoms with Gasteiger partial charge in [0.05, 0.1) is 18.8 Å². The number of aryl methyl sites for hydroxylation is 2. The van der Waals surface area contributed by atoms with Gasteiger partial charge in [-0.3, -0.25) is 0 Å². The molecule has 3 nitrogen and oxygen atoms in total. The molecule has 38 heavy (non-hydrogen) atoms. The summed E-state index contributed by atoms with van der Waals surface area (Å²) in [5.41, 5.74) is 13.0. The Labute approximate surface area is 232 Å². The fourth-order valence-corrected chi connectivity index (χ4v) is 5.39. The Balaban J connectivity index is 1.86. The standard InChI is InChI=1S/C33H38ClFN2O/c1-7-9-24-19-26(34)13-14-29(24)32(36-27-17-22(3)18-28(21-27)38-6)30(10-8-2)37-16-15-23-11-12-25(20-31(23)37)33(4,5)35/h10,13-14,17-21,32,36H,7-9,15-16H2,1-6H3/b30-10+. The number of ether oxygens (including phenoxy) is 1. The second kappa shape index (κ2) is 11.7. The number of anilines is 1. The summed E-state index contributed by atoms with van der Waals surface area (Å²) in [7, 11) is 1.69. The SMILES string of the molecule is CC/C=C(\C(Nc1cc(C)cc(OC)c1)c1ccc(Cl)cc1CCC)N1CCC2=C=C=C(C(C)(C)F)C=C21. The zero-order chi connectivity index (χ0) is 27.4. The smallest absolute Gasteiger partial charge is 0.138 e. The number of halogens is 2. The van der Waals surface area contributed by atoms with Crippen LogP contribution in [0.2, 0.25) is 5.02 Å². The van der Waals surface area contributed by atoms with E-state index in [9.17, 15) is 4.39 Å². The first-order valence-corrected chi connectivity index (χ1v) is 13.9. The van der Waals surface area contributed by atoms with E-state index < -0.39 is 5.67 Å². The first kappa shape index (κ1) is 27.9. The summed E-state index contributed by atoms with van der Waals surface area (Å²) in [6.07, 6.45) is 7.86. The Morgan fingerprint density at radius 2 is 2.00 bits per heavy atom. The van der Waals surface area contributed by atoms with Gasteiger partial charge in [-0.25, -0.2) is 4.39 Å². The lowest BCUT2D eigenvalue weighted by atomic mass is 9.93. The van der Waals surface area contributed by atoms with Crippen LogP contribution in [0, 0.1) is 6.92 Å². The van der Waals surface area contributed by atoms with E-state index in [4.69, 9.17) is 16.3 Å².